The molecule has 0 saturated heterocycles. The van der Waals surface area contributed by atoms with Gasteiger partial charge in [-0.15, -0.1) is 11.3 Å². The van der Waals surface area contributed by atoms with Crippen molar-refractivity contribution in [2.24, 2.45) is 0 Å². The van der Waals surface area contributed by atoms with Gasteiger partial charge in [-0.25, -0.2) is 0 Å². The predicted octanol–water partition coefficient (Wildman–Crippen LogP) is 3.50. The maximum atomic E-state index is 12.8. The quantitative estimate of drug-likeness (QED) is 0.418. The first-order valence-electron chi connectivity index (χ1n) is 10.7. The van der Waals surface area contributed by atoms with E-state index in [-0.39, 0.29) is 29.7 Å². The standard InChI is InChI=1S/C25H23N3O5S/c1-4-20-14(2)11-21(34-20)23(30)27-26-22(29)18-12-15(9-10-19(18)33-3)13-28-24(31)16-7-5-6-8-17(16)25(28)32/h5-12H,4,13H2,1-3H3,(H,26,29)(H,27,30). The minimum absolute atomic E-state index is 0.00273. The fraction of sp³-hybridized carbons (Fsp3) is 0.200. The van der Waals surface area contributed by atoms with E-state index in [1.165, 1.54) is 24.5 Å². The van der Waals surface area contributed by atoms with Crippen LogP contribution in [0.3, 0.4) is 0 Å². The maximum Gasteiger partial charge on any atom is 0.279 e. The van der Waals surface area contributed by atoms with E-state index in [0.717, 1.165) is 21.8 Å². The summed E-state index contributed by atoms with van der Waals surface area (Å²) in [6.45, 7) is 3.95. The zero-order chi connectivity index (χ0) is 24.4. The number of fused-ring (bicyclic) bond motifs is 1. The summed E-state index contributed by atoms with van der Waals surface area (Å²) >= 11 is 1.38. The second-order valence-electron chi connectivity index (χ2n) is 7.76. The lowest BCUT2D eigenvalue weighted by atomic mass is 10.1. The molecular formula is C25H23N3O5S. The minimum Gasteiger partial charge on any atom is -0.496 e. The summed E-state index contributed by atoms with van der Waals surface area (Å²) in [5.74, 6) is -1.47. The Morgan fingerprint density at radius 2 is 1.62 bits per heavy atom. The Bertz CT molecular complexity index is 1280. The van der Waals surface area contributed by atoms with Crippen LogP contribution in [0.5, 0.6) is 5.75 Å². The third-order valence-electron chi connectivity index (χ3n) is 5.58. The molecule has 1 aliphatic heterocycles. The van der Waals surface area contributed by atoms with Crippen molar-refractivity contribution in [2.75, 3.05) is 7.11 Å². The average Bonchev–Trinajstić information content (AvgIpc) is 3.35. The van der Waals surface area contributed by atoms with E-state index in [4.69, 9.17) is 4.74 Å². The van der Waals surface area contributed by atoms with Crippen LogP contribution in [0.4, 0.5) is 0 Å². The number of methoxy groups -OCH3 is 1. The fourth-order valence-corrected chi connectivity index (χ4v) is 4.83. The van der Waals surface area contributed by atoms with Crippen molar-refractivity contribution >= 4 is 35.0 Å². The zero-order valence-corrected chi connectivity index (χ0v) is 19.7. The minimum atomic E-state index is -0.585. The van der Waals surface area contributed by atoms with Gasteiger partial charge in [0, 0.05) is 4.88 Å². The van der Waals surface area contributed by atoms with Crippen LogP contribution in [0.25, 0.3) is 0 Å². The van der Waals surface area contributed by atoms with Crippen LogP contribution in [0.15, 0.2) is 48.5 Å². The Kier molecular flexibility index (Phi) is 6.47. The first kappa shape index (κ1) is 23.2. The molecule has 2 heterocycles. The van der Waals surface area contributed by atoms with E-state index in [1.807, 2.05) is 13.8 Å². The van der Waals surface area contributed by atoms with E-state index in [0.29, 0.717) is 21.6 Å². The van der Waals surface area contributed by atoms with Gasteiger partial charge in [-0.05, 0) is 54.8 Å². The van der Waals surface area contributed by atoms with Crippen LogP contribution in [-0.2, 0) is 13.0 Å². The molecule has 0 atom stereocenters. The smallest absolute Gasteiger partial charge is 0.279 e. The van der Waals surface area contributed by atoms with Gasteiger partial charge in [-0.2, -0.15) is 0 Å². The van der Waals surface area contributed by atoms with Crippen molar-refractivity contribution in [3.8, 4) is 5.75 Å². The largest absolute Gasteiger partial charge is 0.496 e. The number of imide groups is 1. The number of carbonyl (C=O) groups is 4. The molecule has 4 rings (SSSR count). The summed E-state index contributed by atoms with van der Waals surface area (Å²) in [6.07, 6.45) is 0.827. The van der Waals surface area contributed by atoms with Gasteiger partial charge in [-0.3, -0.25) is 34.9 Å². The molecule has 4 amide bonds. The van der Waals surface area contributed by atoms with Crippen molar-refractivity contribution in [1.82, 2.24) is 15.8 Å². The zero-order valence-electron chi connectivity index (χ0n) is 18.9. The van der Waals surface area contributed by atoms with Crippen molar-refractivity contribution in [2.45, 2.75) is 26.8 Å². The second kappa shape index (κ2) is 9.48. The molecule has 0 fully saturated rings. The van der Waals surface area contributed by atoms with E-state index >= 15 is 0 Å². The normalized spacial score (nSPS) is 12.5. The predicted molar refractivity (Wildman–Crippen MR) is 127 cm³/mol. The highest BCUT2D eigenvalue weighted by molar-refractivity contribution is 7.14. The summed E-state index contributed by atoms with van der Waals surface area (Å²) < 4.78 is 5.29. The van der Waals surface area contributed by atoms with Gasteiger partial charge in [0.05, 0.1) is 35.2 Å². The van der Waals surface area contributed by atoms with Crippen LogP contribution in [-0.4, -0.2) is 35.6 Å². The molecule has 2 aromatic carbocycles. The van der Waals surface area contributed by atoms with Crippen LogP contribution in [0.1, 0.15) is 63.7 Å². The van der Waals surface area contributed by atoms with Gasteiger partial charge in [-0.1, -0.05) is 25.1 Å². The van der Waals surface area contributed by atoms with Gasteiger partial charge in [0.1, 0.15) is 5.75 Å². The Labute approximate surface area is 200 Å². The van der Waals surface area contributed by atoms with Gasteiger partial charge in [0.15, 0.2) is 0 Å². The van der Waals surface area contributed by atoms with Crippen molar-refractivity contribution in [3.05, 3.63) is 86.1 Å². The molecule has 0 spiro atoms. The molecule has 8 nitrogen and oxygen atoms in total. The molecule has 174 valence electrons. The lowest BCUT2D eigenvalue weighted by Crippen LogP contribution is -2.41. The molecule has 0 bridgehead atoms. The number of carbonyl (C=O) groups excluding carboxylic acids is 4. The summed E-state index contributed by atoms with van der Waals surface area (Å²) in [5.41, 5.74) is 7.32. The Morgan fingerprint density at radius 3 is 2.21 bits per heavy atom. The topological polar surface area (TPSA) is 105 Å². The molecule has 1 aliphatic rings. The van der Waals surface area contributed by atoms with Crippen LogP contribution < -0.4 is 15.6 Å². The van der Waals surface area contributed by atoms with Crippen LogP contribution in [0.2, 0.25) is 0 Å². The number of aryl methyl sites for hydroxylation is 2. The Hall–Kier alpha value is -3.98. The Balaban J connectivity index is 1.49. The maximum absolute atomic E-state index is 12.8. The van der Waals surface area contributed by atoms with Crippen molar-refractivity contribution in [1.29, 1.82) is 0 Å². The molecule has 0 unspecified atom stereocenters. The summed E-state index contributed by atoms with van der Waals surface area (Å²) in [4.78, 5) is 53.4. The third kappa shape index (κ3) is 4.29. The number of thiophene rings is 1. The highest BCUT2D eigenvalue weighted by Gasteiger charge is 2.35. The van der Waals surface area contributed by atoms with E-state index in [1.54, 1.807) is 42.5 Å². The summed E-state index contributed by atoms with van der Waals surface area (Å²) in [5, 5.41) is 0. The van der Waals surface area contributed by atoms with Crippen molar-refractivity contribution < 1.29 is 23.9 Å². The summed E-state index contributed by atoms with van der Waals surface area (Å²) in [7, 11) is 1.43. The molecule has 9 heteroatoms. The lowest BCUT2D eigenvalue weighted by Gasteiger charge is -2.16. The van der Waals surface area contributed by atoms with Gasteiger partial charge >= 0.3 is 0 Å². The number of hydrazine groups is 1. The molecule has 0 saturated carbocycles. The Morgan fingerprint density at radius 1 is 0.971 bits per heavy atom. The summed E-state index contributed by atoms with van der Waals surface area (Å²) in [6, 6.07) is 13.2. The number of ether oxygens (including phenoxy) is 1. The highest BCUT2D eigenvalue weighted by Crippen LogP contribution is 2.26. The number of amides is 4. The number of hydrogen-bond donors (Lipinski definition) is 2. The second-order valence-corrected chi connectivity index (χ2v) is 8.89. The van der Waals surface area contributed by atoms with Gasteiger partial charge < -0.3 is 4.74 Å². The first-order valence-corrected chi connectivity index (χ1v) is 11.5. The molecule has 2 N–H and O–H groups in total. The molecule has 0 aliphatic carbocycles. The highest BCUT2D eigenvalue weighted by atomic mass is 32.1. The number of benzene rings is 2. The van der Waals surface area contributed by atoms with Crippen LogP contribution in [0, 0.1) is 6.92 Å². The molecule has 1 aromatic heterocycles. The first-order chi connectivity index (χ1) is 16.3. The molecular weight excluding hydrogens is 454 g/mol. The number of rotatable bonds is 6. The SMILES string of the molecule is CCc1sc(C(=O)NNC(=O)c2cc(CN3C(=O)c4ccccc4C3=O)ccc2OC)cc1C. The lowest BCUT2D eigenvalue weighted by molar-refractivity contribution is 0.0642. The monoisotopic (exact) mass is 477 g/mol. The van der Waals surface area contributed by atoms with E-state index in [2.05, 4.69) is 10.9 Å². The van der Waals surface area contributed by atoms with E-state index < -0.39 is 11.8 Å². The molecule has 34 heavy (non-hydrogen) atoms. The van der Waals surface area contributed by atoms with Crippen molar-refractivity contribution in [3.63, 3.8) is 0 Å². The number of nitrogens with zero attached hydrogens (tertiary/aromatic N) is 1. The number of nitrogens with one attached hydrogen (secondary N) is 2. The molecule has 3 aromatic rings. The average molecular weight is 478 g/mol. The number of hydrogen-bond acceptors (Lipinski definition) is 6. The molecule has 0 radical (unpaired) electrons. The third-order valence-corrected chi connectivity index (χ3v) is 6.96. The van der Waals surface area contributed by atoms with E-state index in [9.17, 15) is 19.2 Å². The fourth-order valence-electron chi connectivity index (χ4n) is 3.82. The van der Waals surface area contributed by atoms with Gasteiger partial charge in [0.25, 0.3) is 23.6 Å². The van der Waals surface area contributed by atoms with Crippen LogP contribution >= 0.6 is 11.3 Å². The van der Waals surface area contributed by atoms with Gasteiger partial charge in [0.2, 0.25) is 0 Å².